The smallest absolute Gasteiger partial charge is 0.239 e. The van der Waals surface area contributed by atoms with E-state index < -0.39 is 16.9 Å². The maximum absolute atomic E-state index is 13.1. The number of piperidine rings is 1. The minimum Gasteiger partial charge on any atom is -0.384 e. The second kappa shape index (κ2) is 9.35. The Morgan fingerprint density at radius 1 is 1.20 bits per heavy atom. The standard InChI is InChI=1S/C22H32ClN3O4/c1-14(15(2)25-19(28)12-24-16(3)27)20(29)26-11-10-22(30,21(4,5)13-26)17-6-8-18(23)9-7-17/h6-9,14-15,30H,10-13H2,1-5H3,(H,24,27)(H,25,28)/t14-,15?,22+/m1/s1. The number of aliphatic hydroxyl groups is 1. The van der Waals surface area contributed by atoms with Gasteiger partial charge in [-0.05, 0) is 31.0 Å². The lowest BCUT2D eigenvalue weighted by Gasteiger charge is -2.51. The molecule has 0 aromatic heterocycles. The second-order valence-electron chi connectivity index (χ2n) is 8.82. The Morgan fingerprint density at radius 3 is 2.33 bits per heavy atom. The molecule has 1 aliphatic heterocycles. The van der Waals surface area contributed by atoms with Crippen molar-refractivity contribution in [3.05, 3.63) is 34.9 Å². The highest BCUT2D eigenvalue weighted by Crippen LogP contribution is 2.46. The summed E-state index contributed by atoms with van der Waals surface area (Å²) >= 11 is 5.98. The number of rotatable bonds is 6. The number of carbonyl (C=O) groups is 3. The number of halogens is 1. The predicted molar refractivity (Wildman–Crippen MR) is 116 cm³/mol. The van der Waals surface area contributed by atoms with E-state index in [0.717, 1.165) is 5.56 Å². The van der Waals surface area contributed by atoms with Crippen molar-refractivity contribution in [2.45, 2.75) is 52.7 Å². The number of likely N-dealkylation sites (tertiary alicyclic amines) is 1. The van der Waals surface area contributed by atoms with Crippen LogP contribution in [-0.2, 0) is 20.0 Å². The zero-order chi connectivity index (χ0) is 22.7. The van der Waals surface area contributed by atoms with Gasteiger partial charge < -0.3 is 20.6 Å². The van der Waals surface area contributed by atoms with E-state index in [1.54, 1.807) is 30.9 Å². The Hall–Kier alpha value is -2.12. The van der Waals surface area contributed by atoms with Crippen LogP contribution in [0.1, 0.15) is 46.6 Å². The highest BCUT2D eigenvalue weighted by molar-refractivity contribution is 6.30. The van der Waals surface area contributed by atoms with Crippen LogP contribution < -0.4 is 10.6 Å². The van der Waals surface area contributed by atoms with Gasteiger partial charge in [0.2, 0.25) is 17.7 Å². The van der Waals surface area contributed by atoms with E-state index >= 15 is 0 Å². The minimum absolute atomic E-state index is 0.0754. The molecule has 30 heavy (non-hydrogen) atoms. The Kier molecular flexibility index (Phi) is 7.53. The lowest BCUT2D eigenvalue weighted by molar-refractivity contribution is -0.156. The lowest BCUT2D eigenvalue weighted by Crippen LogP contribution is -2.58. The molecular weight excluding hydrogens is 406 g/mol. The number of amides is 3. The molecule has 0 radical (unpaired) electrons. The first-order chi connectivity index (χ1) is 13.9. The molecule has 8 heteroatoms. The lowest BCUT2D eigenvalue weighted by atomic mass is 9.66. The molecule has 0 spiro atoms. The molecule has 1 heterocycles. The number of hydrogen-bond donors (Lipinski definition) is 3. The Labute approximate surface area is 183 Å². The predicted octanol–water partition coefficient (Wildman–Crippen LogP) is 2.06. The first-order valence-corrected chi connectivity index (χ1v) is 10.6. The monoisotopic (exact) mass is 437 g/mol. The van der Waals surface area contributed by atoms with Crippen LogP contribution in [0.25, 0.3) is 0 Å². The first kappa shape index (κ1) is 24.2. The van der Waals surface area contributed by atoms with E-state index in [9.17, 15) is 19.5 Å². The number of nitrogens with one attached hydrogen (secondary N) is 2. The van der Waals surface area contributed by atoms with Crippen LogP contribution in [0, 0.1) is 11.3 Å². The summed E-state index contributed by atoms with van der Waals surface area (Å²) in [5.41, 5.74) is -0.863. The average molecular weight is 438 g/mol. The fourth-order valence-electron chi connectivity index (χ4n) is 3.91. The van der Waals surface area contributed by atoms with Crippen molar-refractivity contribution < 1.29 is 19.5 Å². The van der Waals surface area contributed by atoms with Crippen LogP contribution in [0.3, 0.4) is 0 Å². The van der Waals surface area contributed by atoms with Gasteiger partial charge in [-0.3, -0.25) is 14.4 Å². The molecule has 1 aromatic carbocycles. The van der Waals surface area contributed by atoms with E-state index in [4.69, 9.17) is 11.6 Å². The molecule has 0 aliphatic carbocycles. The molecule has 1 aromatic rings. The Balaban J connectivity index is 2.04. The van der Waals surface area contributed by atoms with E-state index in [0.29, 0.717) is 24.5 Å². The van der Waals surface area contributed by atoms with Crippen molar-refractivity contribution in [2.75, 3.05) is 19.6 Å². The van der Waals surface area contributed by atoms with Gasteiger partial charge in [-0.25, -0.2) is 0 Å². The van der Waals surface area contributed by atoms with E-state index in [1.165, 1.54) is 6.92 Å². The van der Waals surface area contributed by atoms with Gasteiger partial charge in [0.25, 0.3) is 0 Å². The summed E-state index contributed by atoms with van der Waals surface area (Å²) in [7, 11) is 0. The summed E-state index contributed by atoms with van der Waals surface area (Å²) in [6.45, 7) is 9.47. The van der Waals surface area contributed by atoms with Gasteiger partial charge in [-0.2, -0.15) is 0 Å². The summed E-state index contributed by atoms with van der Waals surface area (Å²) < 4.78 is 0. The SMILES string of the molecule is CC(=O)NCC(=O)NC(C)[C@@H](C)C(=O)N1CC[C@](O)(c2ccc(Cl)cc2)C(C)(C)C1. The molecule has 3 amide bonds. The van der Waals surface area contributed by atoms with Crippen LogP contribution in [0.2, 0.25) is 5.02 Å². The molecule has 2 rings (SSSR count). The minimum atomic E-state index is -1.07. The number of benzene rings is 1. The molecule has 7 nitrogen and oxygen atoms in total. The molecule has 1 saturated heterocycles. The van der Waals surface area contributed by atoms with Gasteiger partial charge in [0.15, 0.2) is 0 Å². The van der Waals surface area contributed by atoms with Crippen molar-refractivity contribution in [1.29, 1.82) is 0 Å². The van der Waals surface area contributed by atoms with Crippen molar-refractivity contribution >= 4 is 29.3 Å². The van der Waals surface area contributed by atoms with Crippen molar-refractivity contribution in [3.8, 4) is 0 Å². The van der Waals surface area contributed by atoms with Crippen LogP contribution in [-0.4, -0.2) is 53.4 Å². The van der Waals surface area contributed by atoms with Crippen molar-refractivity contribution in [3.63, 3.8) is 0 Å². The summed E-state index contributed by atoms with van der Waals surface area (Å²) in [5.74, 6) is -1.14. The second-order valence-corrected chi connectivity index (χ2v) is 9.25. The maximum atomic E-state index is 13.1. The normalized spacial score (nSPS) is 22.7. The summed E-state index contributed by atoms with van der Waals surface area (Å²) in [6, 6.07) is 6.79. The molecule has 166 valence electrons. The largest absolute Gasteiger partial charge is 0.384 e. The first-order valence-electron chi connectivity index (χ1n) is 10.2. The number of hydrogen-bond acceptors (Lipinski definition) is 4. The molecule has 3 N–H and O–H groups in total. The average Bonchev–Trinajstić information content (AvgIpc) is 2.67. The number of nitrogens with zero attached hydrogens (tertiary/aromatic N) is 1. The van der Waals surface area contributed by atoms with Gasteiger partial charge in [0.1, 0.15) is 0 Å². The van der Waals surface area contributed by atoms with E-state index in [1.807, 2.05) is 26.0 Å². The quantitative estimate of drug-likeness (QED) is 0.634. The third kappa shape index (κ3) is 5.32. The van der Waals surface area contributed by atoms with Gasteiger partial charge >= 0.3 is 0 Å². The summed E-state index contributed by atoms with van der Waals surface area (Å²) in [4.78, 5) is 37.7. The van der Waals surface area contributed by atoms with Crippen LogP contribution in [0.15, 0.2) is 24.3 Å². The van der Waals surface area contributed by atoms with Gasteiger partial charge in [0, 0.05) is 36.5 Å². The fraction of sp³-hybridized carbons (Fsp3) is 0.591. The van der Waals surface area contributed by atoms with Crippen LogP contribution >= 0.6 is 11.6 Å². The van der Waals surface area contributed by atoms with Crippen molar-refractivity contribution in [2.24, 2.45) is 11.3 Å². The summed E-state index contributed by atoms with van der Waals surface area (Å²) in [5, 5.41) is 17.3. The molecule has 1 unspecified atom stereocenters. The van der Waals surface area contributed by atoms with Crippen LogP contribution in [0.4, 0.5) is 0 Å². The van der Waals surface area contributed by atoms with Crippen LogP contribution in [0.5, 0.6) is 0 Å². The maximum Gasteiger partial charge on any atom is 0.239 e. The molecule has 1 aliphatic rings. The number of carbonyl (C=O) groups excluding carboxylic acids is 3. The molecular formula is C22H32ClN3O4. The van der Waals surface area contributed by atoms with E-state index in [-0.39, 0.29) is 30.3 Å². The highest BCUT2D eigenvalue weighted by Gasteiger charge is 2.50. The van der Waals surface area contributed by atoms with Gasteiger partial charge in [-0.1, -0.05) is 44.5 Å². The highest BCUT2D eigenvalue weighted by atomic mass is 35.5. The van der Waals surface area contributed by atoms with Gasteiger partial charge in [0.05, 0.1) is 18.1 Å². The Morgan fingerprint density at radius 2 is 1.80 bits per heavy atom. The Bertz CT molecular complexity index is 796. The molecule has 0 bridgehead atoms. The van der Waals surface area contributed by atoms with Gasteiger partial charge in [-0.15, -0.1) is 0 Å². The molecule has 1 fully saturated rings. The zero-order valence-electron chi connectivity index (χ0n) is 18.3. The van der Waals surface area contributed by atoms with E-state index in [2.05, 4.69) is 10.6 Å². The third-order valence-electron chi connectivity index (χ3n) is 6.11. The summed E-state index contributed by atoms with van der Waals surface area (Å²) in [6.07, 6.45) is 0.406. The zero-order valence-corrected chi connectivity index (χ0v) is 19.0. The van der Waals surface area contributed by atoms with Crippen molar-refractivity contribution in [1.82, 2.24) is 15.5 Å². The molecule has 3 atom stereocenters. The topological polar surface area (TPSA) is 98.7 Å². The molecule has 0 saturated carbocycles. The third-order valence-corrected chi connectivity index (χ3v) is 6.36. The fourth-order valence-corrected chi connectivity index (χ4v) is 4.03.